The Morgan fingerprint density at radius 1 is 1.10 bits per heavy atom. The first-order valence-corrected chi connectivity index (χ1v) is 17.6. The Hall–Kier alpha value is -4.10. The average Bonchev–Trinajstić information content (AvgIpc) is 3.47. The second-order valence-electron chi connectivity index (χ2n) is 13.0. The van der Waals surface area contributed by atoms with Crippen LogP contribution in [0.3, 0.4) is 0 Å². The number of nitrogens with zero attached hydrogens (tertiary/aromatic N) is 6. The summed E-state index contributed by atoms with van der Waals surface area (Å²) in [4.78, 5) is 44.6. The van der Waals surface area contributed by atoms with E-state index in [9.17, 15) is 14.7 Å². The van der Waals surface area contributed by atoms with Crippen LogP contribution in [0.1, 0.15) is 51.0 Å². The number of hydrogen-bond acceptors (Lipinski definition) is 10. The average molecular weight is 670 g/mol. The van der Waals surface area contributed by atoms with Crippen LogP contribution in [0, 0.1) is 0 Å². The Bertz CT molecular complexity index is 1850. The molecule has 11 nitrogen and oxygen atoms in total. The van der Waals surface area contributed by atoms with Crippen molar-refractivity contribution in [3.63, 3.8) is 0 Å². The fourth-order valence-corrected chi connectivity index (χ4v) is 8.66. The molecule has 0 aromatic carbocycles. The first-order valence-electron chi connectivity index (χ1n) is 16.8. The van der Waals surface area contributed by atoms with Gasteiger partial charge in [-0.1, -0.05) is 0 Å². The zero-order valence-electron chi connectivity index (χ0n) is 27.7. The first kappa shape index (κ1) is 32.4. The van der Waals surface area contributed by atoms with Gasteiger partial charge in [0.1, 0.15) is 11.5 Å². The van der Waals surface area contributed by atoms with Crippen molar-refractivity contribution in [1.82, 2.24) is 19.4 Å². The van der Waals surface area contributed by atoms with Crippen LogP contribution in [0.15, 0.2) is 58.1 Å². The van der Waals surface area contributed by atoms with E-state index in [1.165, 1.54) is 33.4 Å². The molecule has 1 aliphatic carbocycles. The Morgan fingerprint density at radius 3 is 2.62 bits per heavy atom. The van der Waals surface area contributed by atoms with Crippen LogP contribution in [0.2, 0.25) is 0 Å². The van der Waals surface area contributed by atoms with Crippen LogP contribution in [-0.2, 0) is 37.7 Å². The predicted octanol–water partition coefficient (Wildman–Crippen LogP) is 3.96. The Balaban J connectivity index is 1.13. The zero-order chi connectivity index (χ0) is 33.4. The molecular formula is C36H43N7O4S. The van der Waals surface area contributed by atoms with Gasteiger partial charge in [0, 0.05) is 79.4 Å². The summed E-state index contributed by atoms with van der Waals surface area (Å²) < 4.78 is 6.85. The van der Waals surface area contributed by atoms with Gasteiger partial charge in [0.2, 0.25) is 0 Å². The number of piperazine rings is 1. The molecule has 12 heteroatoms. The maximum absolute atomic E-state index is 13.9. The number of aryl methyl sites for hydroxylation is 2. The molecule has 0 atom stereocenters. The number of rotatable bonds is 9. The number of aliphatic imine (C=N–C) groups is 1. The van der Waals surface area contributed by atoms with Crippen LogP contribution in [-0.4, -0.2) is 89.1 Å². The van der Waals surface area contributed by atoms with E-state index >= 15 is 0 Å². The maximum atomic E-state index is 13.9. The van der Waals surface area contributed by atoms with Gasteiger partial charge >= 0.3 is 0 Å². The molecule has 48 heavy (non-hydrogen) atoms. The summed E-state index contributed by atoms with van der Waals surface area (Å²) in [5.74, 6) is 0.411. The van der Waals surface area contributed by atoms with E-state index in [-0.39, 0.29) is 18.1 Å². The van der Waals surface area contributed by atoms with Crippen molar-refractivity contribution < 1.29 is 14.6 Å². The van der Waals surface area contributed by atoms with E-state index in [2.05, 4.69) is 38.7 Å². The second kappa shape index (κ2) is 13.8. The molecule has 252 valence electrons. The number of carbonyl (C=O) groups excluding carboxylic acids is 1. The largest absolute Gasteiger partial charge is 0.392 e. The third kappa shape index (κ3) is 6.13. The number of pyridine rings is 2. The quantitative estimate of drug-likeness (QED) is 0.260. The molecule has 3 aromatic heterocycles. The number of aliphatic hydroxyl groups excluding tert-OH is 1. The summed E-state index contributed by atoms with van der Waals surface area (Å²) in [6, 6.07) is 2.29. The molecule has 2 saturated heterocycles. The van der Waals surface area contributed by atoms with Crippen LogP contribution in [0.4, 0.5) is 11.4 Å². The molecule has 0 spiro atoms. The number of fused-ring (bicyclic) bond motifs is 3. The van der Waals surface area contributed by atoms with Crippen molar-refractivity contribution in [2.24, 2.45) is 12.0 Å². The zero-order valence-corrected chi connectivity index (χ0v) is 28.5. The van der Waals surface area contributed by atoms with Gasteiger partial charge in [0.25, 0.3) is 11.5 Å². The minimum absolute atomic E-state index is 0.0304. The van der Waals surface area contributed by atoms with Gasteiger partial charge in [-0.25, -0.2) is 4.99 Å². The fourth-order valence-electron chi connectivity index (χ4n) is 7.27. The molecule has 2 fully saturated rings. The summed E-state index contributed by atoms with van der Waals surface area (Å²) in [7, 11) is 1.69. The highest BCUT2D eigenvalue weighted by atomic mass is 32.1. The molecule has 3 aromatic rings. The number of allylic oxidation sites excluding steroid dienone is 3. The fraction of sp³-hybridized carbons (Fsp3) is 0.444. The summed E-state index contributed by atoms with van der Waals surface area (Å²) in [5.41, 5.74) is 6.31. The predicted molar refractivity (Wildman–Crippen MR) is 190 cm³/mol. The molecule has 3 aliphatic heterocycles. The molecule has 7 rings (SSSR count). The highest BCUT2D eigenvalue weighted by molar-refractivity contribution is 7.14. The minimum Gasteiger partial charge on any atom is -0.392 e. The molecule has 2 N–H and O–H groups in total. The summed E-state index contributed by atoms with van der Waals surface area (Å²) in [5, 5.41) is 13.8. The van der Waals surface area contributed by atoms with E-state index in [0.717, 1.165) is 69.2 Å². The number of nitrogens with one attached hydrogen (secondary N) is 1. The van der Waals surface area contributed by atoms with Gasteiger partial charge in [0.15, 0.2) is 0 Å². The van der Waals surface area contributed by atoms with Crippen LogP contribution in [0.25, 0.3) is 11.1 Å². The monoisotopic (exact) mass is 669 g/mol. The SMILES string of the molecule is C=N/C(=C\C=C(/C)N1CCN(C2COC2)CC1)Nc1cc(-c2cncc(N3CCc4c(sc5c4CCCC5)C3=O)c2CO)cn(C)c1=O. The number of thiophene rings is 1. The lowest BCUT2D eigenvalue weighted by Gasteiger charge is -2.43. The highest BCUT2D eigenvalue weighted by Gasteiger charge is 2.33. The summed E-state index contributed by atoms with van der Waals surface area (Å²) in [6.07, 6.45) is 14.1. The van der Waals surface area contributed by atoms with Gasteiger partial charge < -0.3 is 29.5 Å². The number of anilines is 2. The number of carbonyl (C=O) groups is 1. The third-order valence-electron chi connectivity index (χ3n) is 10.1. The van der Waals surface area contributed by atoms with Gasteiger partial charge in [-0.15, -0.1) is 11.3 Å². The number of aliphatic hydroxyl groups is 1. The molecule has 0 saturated carbocycles. The van der Waals surface area contributed by atoms with Crippen LogP contribution >= 0.6 is 11.3 Å². The Morgan fingerprint density at radius 2 is 1.90 bits per heavy atom. The molecule has 0 unspecified atom stereocenters. The lowest BCUT2D eigenvalue weighted by Crippen LogP contribution is -2.56. The lowest BCUT2D eigenvalue weighted by atomic mass is 9.91. The Kier molecular flexibility index (Phi) is 9.32. The minimum atomic E-state index is -0.289. The number of amides is 1. The first-order chi connectivity index (χ1) is 23.4. The molecule has 1 amide bonds. The molecule has 6 heterocycles. The van der Waals surface area contributed by atoms with E-state index in [4.69, 9.17) is 4.74 Å². The van der Waals surface area contributed by atoms with Gasteiger partial charge in [-0.05, 0) is 75.1 Å². The Labute approximate surface area is 284 Å². The number of aromatic nitrogens is 2. The van der Waals surface area contributed by atoms with Crippen LogP contribution < -0.4 is 15.8 Å². The topological polar surface area (TPSA) is 116 Å². The molecule has 0 radical (unpaired) electrons. The van der Waals surface area contributed by atoms with Gasteiger partial charge in [0.05, 0.1) is 42.6 Å². The van der Waals surface area contributed by atoms with Crippen LogP contribution in [0.5, 0.6) is 0 Å². The lowest BCUT2D eigenvalue weighted by molar-refractivity contribution is -0.0747. The molecular weight excluding hydrogens is 627 g/mol. The normalized spacial score (nSPS) is 19.2. The van der Waals surface area contributed by atoms with E-state index < -0.39 is 0 Å². The van der Waals surface area contributed by atoms with E-state index in [0.29, 0.717) is 46.5 Å². The smallest absolute Gasteiger partial charge is 0.274 e. The standard InChI is InChI=1S/C36H43N7O4S/c1-23(41-12-14-42(15-13-41)25-21-47-22-25)8-9-33(37-2)39-30-16-24(19-40(3)35(30)45)28-17-38-18-31(29(28)20-44)43-11-10-27-26-6-4-5-7-32(26)48-34(27)36(43)46/h8-9,16-19,25,39,44H,2,4-7,10-15,20-22H2,1,3H3/b23-8+,33-9+. The van der Waals surface area contributed by atoms with Crippen molar-refractivity contribution in [1.29, 1.82) is 0 Å². The molecule has 0 bridgehead atoms. The molecule has 4 aliphatic rings. The summed E-state index contributed by atoms with van der Waals surface area (Å²) >= 11 is 1.64. The van der Waals surface area contributed by atoms with Crippen molar-refractivity contribution in [2.75, 3.05) is 56.2 Å². The number of ether oxygens (including phenoxy) is 1. The summed E-state index contributed by atoms with van der Waals surface area (Å²) in [6.45, 7) is 11.6. The van der Waals surface area contributed by atoms with Crippen molar-refractivity contribution in [3.05, 3.63) is 85.1 Å². The third-order valence-corrected chi connectivity index (χ3v) is 11.5. The van der Waals surface area contributed by atoms with Crippen molar-refractivity contribution in [3.8, 4) is 11.1 Å². The van der Waals surface area contributed by atoms with E-state index in [1.807, 2.05) is 12.2 Å². The van der Waals surface area contributed by atoms with Crippen molar-refractivity contribution >= 4 is 35.3 Å². The van der Waals surface area contributed by atoms with Gasteiger partial charge in [-0.2, -0.15) is 0 Å². The number of hydrogen-bond donors (Lipinski definition) is 2. The maximum Gasteiger partial charge on any atom is 0.274 e. The van der Waals surface area contributed by atoms with E-state index in [1.54, 1.807) is 47.9 Å². The highest BCUT2D eigenvalue weighted by Crippen LogP contribution is 2.40. The van der Waals surface area contributed by atoms with Crippen molar-refractivity contribution in [2.45, 2.75) is 51.7 Å². The van der Waals surface area contributed by atoms with Gasteiger partial charge in [-0.3, -0.25) is 19.5 Å². The second-order valence-corrected chi connectivity index (χ2v) is 14.1.